The van der Waals surface area contributed by atoms with E-state index >= 15 is 0 Å². The zero-order valence-corrected chi connectivity index (χ0v) is 16.1. The molecule has 27 heavy (non-hydrogen) atoms. The number of esters is 1. The van der Waals surface area contributed by atoms with E-state index in [1.807, 2.05) is 19.2 Å². The molecule has 0 aliphatic carbocycles. The number of methoxy groups -OCH3 is 3. The van der Waals surface area contributed by atoms with Crippen molar-refractivity contribution < 1.29 is 23.8 Å². The maximum absolute atomic E-state index is 12.6. The molecule has 0 fully saturated rings. The monoisotopic (exact) mass is 386 g/mol. The van der Waals surface area contributed by atoms with Crippen molar-refractivity contribution in [3.05, 3.63) is 52.3 Å². The summed E-state index contributed by atoms with van der Waals surface area (Å²) in [6.45, 7) is 0. The number of thiazole rings is 1. The molecule has 0 saturated heterocycles. The SMILES string of the molecule is COC(=O)c1ccc(C(=O)N=c2sc3c(OC)ccc(OC)c3n2C)cc1. The van der Waals surface area contributed by atoms with Gasteiger partial charge in [-0.2, -0.15) is 4.99 Å². The van der Waals surface area contributed by atoms with Gasteiger partial charge in [0, 0.05) is 12.6 Å². The molecule has 1 heterocycles. The van der Waals surface area contributed by atoms with E-state index in [0.717, 1.165) is 10.2 Å². The van der Waals surface area contributed by atoms with Crippen LogP contribution in [0.3, 0.4) is 0 Å². The fourth-order valence-electron chi connectivity index (χ4n) is 2.65. The van der Waals surface area contributed by atoms with Crippen LogP contribution in [-0.2, 0) is 11.8 Å². The highest BCUT2D eigenvalue weighted by Crippen LogP contribution is 2.34. The number of aromatic nitrogens is 1. The van der Waals surface area contributed by atoms with E-state index in [9.17, 15) is 9.59 Å². The van der Waals surface area contributed by atoms with Crippen molar-refractivity contribution in [1.82, 2.24) is 4.57 Å². The Hall–Kier alpha value is -3.13. The molecule has 0 aliphatic heterocycles. The van der Waals surface area contributed by atoms with Crippen molar-refractivity contribution in [2.45, 2.75) is 0 Å². The smallest absolute Gasteiger partial charge is 0.337 e. The lowest BCUT2D eigenvalue weighted by atomic mass is 10.1. The van der Waals surface area contributed by atoms with E-state index in [4.69, 9.17) is 9.47 Å². The van der Waals surface area contributed by atoms with E-state index in [2.05, 4.69) is 9.73 Å². The van der Waals surface area contributed by atoms with Gasteiger partial charge in [0.15, 0.2) is 4.80 Å². The minimum atomic E-state index is -0.457. The number of aryl methyl sites for hydroxylation is 1. The van der Waals surface area contributed by atoms with Gasteiger partial charge in [-0.1, -0.05) is 11.3 Å². The highest BCUT2D eigenvalue weighted by molar-refractivity contribution is 7.16. The van der Waals surface area contributed by atoms with Crippen molar-refractivity contribution in [2.75, 3.05) is 21.3 Å². The van der Waals surface area contributed by atoms with Crippen molar-refractivity contribution in [2.24, 2.45) is 12.0 Å². The number of carbonyl (C=O) groups is 2. The molecule has 1 amide bonds. The summed E-state index contributed by atoms with van der Waals surface area (Å²) >= 11 is 1.34. The first kappa shape index (κ1) is 18.7. The van der Waals surface area contributed by atoms with Gasteiger partial charge in [-0.3, -0.25) is 4.79 Å². The molecular weight excluding hydrogens is 368 g/mol. The highest BCUT2D eigenvalue weighted by Gasteiger charge is 2.15. The van der Waals surface area contributed by atoms with Crippen molar-refractivity contribution in [3.63, 3.8) is 0 Å². The van der Waals surface area contributed by atoms with Crippen LogP contribution in [-0.4, -0.2) is 37.8 Å². The Kier molecular flexibility index (Phi) is 5.27. The quantitative estimate of drug-likeness (QED) is 0.644. The van der Waals surface area contributed by atoms with Crippen LogP contribution in [0, 0.1) is 0 Å². The zero-order chi connectivity index (χ0) is 19.6. The summed E-state index contributed by atoms with van der Waals surface area (Å²) in [5.41, 5.74) is 1.55. The number of hydrogen-bond donors (Lipinski definition) is 0. The van der Waals surface area contributed by atoms with Gasteiger partial charge < -0.3 is 18.8 Å². The highest BCUT2D eigenvalue weighted by atomic mass is 32.1. The first-order valence-corrected chi connectivity index (χ1v) is 8.79. The van der Waals surface area contributed by atoms with Gasteiger partial charge >= 0.3 is 5.97 Å². The molecular formula is C19H18N2O5S. The van der Waals surface area contributed by atoms with E-state index in [-0.39, 0.29) is 0 Å². The fraction of sp³-hybridized carbons (Fsp3) is 0.211. The third-order valence-corrected chi connectivity index (χ3v) is 5.21. The second-order valence-electron chi connectivity index (χ2n) is 5.58. The van der Waals surface area contributed by atoms with Gasteiger partial charge in [0.1, 0.15) is 21.7 Å². The molecule has 140 valence electrons. The number of rotatable bonds is 4. The zero-order valence-electron chi connectivity index (χ0n) is 15.3. The lowest BCUT2D eigenvalue weighted by molar-refractivity contribution is 0.0600. The predicted molar refractivity (Wildman–Crippen MR) is 102 cm³/mol. The molecule has 3 rings (SSSR count). The van der Waals surface area contributed by atoms with Gasteiger partial charge in [0.05, 0.1) is 26.9 Å². The second kappa shape index (κ2) is 7.63. The molecule has 0 aliphatic rings. The number of hydrogen-bond acceptors (Lipinski definition) is 6. The van der Waals surface area contributed by atoms with Gasteiger partial charge in [0.25, 0.3) is 5.91 Å². The van der Waals surface area contributed by atoms with Crippen molar-refractivity contribution >= 4 is 33.4 Å². The summed E-state index contributed by atoms with van der Waals surface area (Å²) in [5.74, 6) is 0.483. The van der Waals surface area contributed by atoms with E-state index in [1.165, 1.54) is 30.6 Å². The number of carbonyl (C=O) groups excluding carboxylic acids is 2. The Morgan fingerprint density at radius 3 is 2.11 bits per heavy atom. The van der Waals surface area contributed by atoms with Crippen LogP contribution in [0.5, 0.6) is 11.5 Å². The Morgan fingerprint density at radius 2 is 1.52 bits per heavy atom. The largest absolute Gasteiger partial charge is 0.495 e. The summed E-state index contributed by atoms with van der Waals surface area (Å²) in [7, 11) is 6.30. The normalized spacial score (nSPS) is 11.5. The summed E-state index contributed by atoms with van der Waals surface area (Å²) in [6, 6.07) is 9.79. The Morgan fingerprint density at radius 1 is 0.926 bits per heavy atom. The van der Waals surface area contributed by atoms with Gasteiger partial charge in [-0.05, 0) is 36.4 Å². The van der Waals surface area contributed by atoms with Gasteiger partial charge in [0.2, 0.25) is 0 Å². The first-order chi connectivity index (χ1) is 13.0. The molecule has 0 bridgehead atoms. The molecule has 1 aromatic heterocycles. The van der Waals surface area contributed by atoms with E-state index in [1.54, 1.807) is 30.9 Å². The van der Waals surface area contributed by atoms with Crippen LogP contribution < -0.4 is 14.3 Å². The Labute approximate surface area is 159 Å². The third kappa shape index (κ3) is 3.43. The van der Waals surface area contributed by atoms with Crippen LogP contribution in [0.1, 0.15) is 20.7 Å². The lowest BCUT2D eigenvalue weighted by Gasteiger charge is -2.06. The Bertz CT molecular complexity index is 1080. The second-order valence-corrected chi connectivity index (χ2v) is 6.55. The summed E-state index contributed by atoms with van der Waals surface area (Å²) in [5, 5.41) is 0. The maximum atomic E-state index is 12.6. The number of amides is 1. The molecule has 7 nitrogen and oxygen atoms in total. The molecule has 0 radical (unpaired) electrons. The average molecular weight is 386 g/mol. The minimum Gasteiger partial charge on any atom is -0.495 e. The van der Waals surface area contributed by atoms with E-state index in [0.29, 0.717) is 27.4 Å². The first-order valence-electron chi connectivity index (χ1n) is 7.98. The van der Waals surface area contributed by atoms with Crippen LogP contribution in [0.15, 0.2) is 41.4 Å². The molecule has 0 saturated carbocycles. The number of fused-ring (bicyclic) bond motifs is 1. The molecule has 0 spiro atoms. The lowest BCUT2D eigenvalue weighted by Crippen LogP contribution is -2.13. The number of ether oxygens (including phenoxy) is 3. The molecule has 8 heteroatoms. The standard InChI is InChI=1S/C19H18N2O5S/c1-21-15-13(24-2)9-10-14(25-3)16(15)27-19(21)20-17(22)11-5-7-12(8-6-11)18(23)26-4/h5-10H,1-4H3. The molecule has 2 aromatic carbocycles. The summed E-state index contributed by atoms with van der Waals surface area (Å²) in [6.07, 6.45) is 0. The van der Waals surface area contributed by atoms with Gasteiger partial charge in [-0.25, -0.2) is 4.79 Å². The van der Waals surface area contributed by atoms with Gasteiger partial charge in [-0.15, -0.1) is 0 Å². The van der Waals surface area contributed by atoms with Crippen LogP contribution >= 0.6 is 11.3 Å². The van der Waals surface area contributed by atoms with Crippen molar-refractivity contribution in [3.8, 4) is 11.5 Å². The molecule has 0 atom stereocenters. The van der Waals surface area contributed by atoms with Crippen LogP contribution in [0.4, 0.5) is 0 Å². The maximum Gasteiger partial charge on any atom is 0.337 e. The molecule has 0 N–H and O–H groups in total. The minimum absolute atomic E-state index is 0.371. The third-order valence-electron chi connectivity index (χ3n) is 4.06. The van der Waals surface area contributed by atoms with Crippen LogP contribution in [0.2, 0.25) is 0 Å². The van der Waals surface area contributed by atoms with Crippen LogP contribution in [0.25, 0.3) is 10.2 Å². The van der Waals surface area contributed by atoms with E-state index < -0.39 is 11.9 Å². The molecule has 0 unspecified atom stereocenters. The summed E-state index contributed by atoms with van der Waals surface area (Å²) in [4.78, 5) is 28.8. The van der Waals surface area contributed by atoms with Crippen molar-refractivity contribution in [1.29, 1.82) is 0 Å². The fourth-order valence-corrected chi connectivity index (χ4v) is 3.77. The average Bonchev–Trinajstić information content (AvgIpc) is 3.03. The topological polar surface area (TPSA) is 79.1 Å². The number of nitrogens with zero attached hydrogens (tertiary/aromatic N) is 2. The summed E-state index contributed by atoms with van der Waals surface area (Å²) < 4.78 is 18.1. The number of benzene rings is 2. The predicted octanol–water partition coefficient (Wildman–Crippen LogP) is 2.78. The molecule has 3 aromatic rings. The Balaban J connectivity index is 2.06.